The molecule has 0 aliphatic rings. The average molecular weight is 785 g/mol. The lowest BCUT2D eigenvalue weighted by molar-refractivity contribution is 0.866. The summed E-state index contributed by atoms with van der Waals surface area (Å²) in [5.41, 5.74) is 16.9. The van der Waals surface area contributed by atoms with Crippen LogP contribution >= 0.6 is 0 Å². The number of anilines is 6. The van der Waals surface area contributed by atoms with E-state index in [-0.39, 0.29) is 0 Å². The summed E-state index contributed by atoms with van der Waals surface area (Å²) in [6.45, 7) is 17.9. The van der Waals surface area contributed by atoms with Crippen molar-refractivity contribution >= 4 is 58.4 Å². The first-order chi connectivity index (χ1) is 29.0. The summed E-state index contributed by atoms with van der Waals surface area (Å²) in [7, 11) is 0. The van der Waals surface area contributed by atoms with Gasteiger partial charge in [0.2, 0.25) is 0 Å². The van der Waals surface area contributed by atoms with Crippen LogP contribution < -0.4 is 9.80 Å². The summed E-state index contributed by atoms with van der Waals surface area (Å²) in [5, 5.41) is 0. The van der Waals surface area contributed by atoms with Crippen molar-refractivity contribution in [3.05, 3.63) is 214 Å². The number of nitrogens with zero attached hydrogens (tertiary/aromatic N) is 2. The van der Waals surface area contributed by atoms with Gasteiger partial charge in [-0.05, 0) is 141 Å². The Kier molecular flexibility index (Phi) is 13.3. The van der Waals surface area contributed by atoms with Crippen LogP contribution in [0.1, 0.15) is 124 Å². The lowest BCUT2D eigenvalue weighted by Crippen LogP contribution is -2.10. The van der Waals surface area contributed by atoms with Gasteiger partial charge in [0.05, 0.1) is 0 Å². The molecule has 0 N–H and O–H groups in total. The Balaban J connectivity index is 1.03. The van der Waals surface area contributed by atoms with Crippen molar-refractivity contribution in [2.24, 2.45) is 0 Å². The fourth-order valence-electron chi connectivity index (χ4n) is 7.50. The molecular weight excluding hydrogens is 725 g/mol. The van der Waals surface area contributed by atoms with Crippen LogP contribution in [0.5, 0.6) is 0 Å². The molecule has 0 amide bonds. The molecule has 0 unspecified atom stereocenters. The molecule has 0 radical (unpaired) electrons. The highest BCUT2D eigenvalue weighted by molar-refractivity contribution is 5.80. The molecule has 302 valence electrons. The molecule has 0 fully saturated rings. The number of hydrogen-bond acceptors (Lipinski definition) is 2. The van der Waals surface area contributed by atoms with Gasteiger partial charge >= 0.3 is 0 Å². The Labute approximate surface area is 360 Å². The SMILES string of the molecule is CC(C)c1ccc(N(c2ccc(C=Cc3ccc(C=Cc4ccc(N(c5ccc(C(C)C)cc5)c5ccc(C(C)C)cc5)cc4)cc3)cc2)c2ccc(C(C)C)cc2)cc1. The lowest BCUT2D eigenvalue weighted by Gasteiger charge is -2.26. The minimum Gasteiger partial charge on any atom is -0.311 e. The van der Waals surface area contributed by atoms with E-state index in [4.69, 9.17) is 0 Å². The molecule has 0 saturated carbocycles. The third-order valence-corrected chi connectivity index (χ3v) is 11.4. The zero-order valence-electron chi connectivity index (χ0n) is 36.7. The second-order valence-corrected chi connectivity index (χ2v) is 17.2. The van der Waals surface area contributed by atoms with Gasteiger partial charge in [0.25, 0.3) is 0 Å². The topological polar surface area (TPSA) is 6.48 Å². The first kappa shape index (κ1) is 41.8. The predicted octanol–water partition coefficient (Wildman–Crippen LogP) is 17.5. The molecular formula is C58H60N2. The molecule has 0 bridgehead atoms. The Bertz CT molecular complexity index is 2180. The van der Waals surface area contributed by atoms with Crippen LogP contribution in [0, 0.1) is 0 Å². The van der Waals surface area contributed by atoms with Crippen LogP contribution in [0.2, 0.25) is 0 Å². The van der Waals surface area contributed by atoms with Crippen LogP contribution in [-0.2, 0) is 0 Å². The summed E-state index contributed by atoms with van der Waals surface area (Å²) in [4.78, 5) is 4.69. The van der Waals surface area contributed by atoms with E-state index in [0.717, 1.165) is 45.3 Å². The quantitative estimate of drug-likeness (QED) is 0.101. The summed E-state index contributed by atoms with van der Waals surface area (Å²) in [6.07, 6.45) is 8.76. The Morgan fingerprint density at radius 3 is 0.550 bits per heavy atom. The van der Waals surface area contributed by atoms with E-state index < -0.39 is 0 Å². The molecule has 2 nitrogen and oxygen atoms in total. The maximum Gasteiger partial charge on any atom is 0.0462 e. The largest absolute Gasteiger partial charge is 0.311 e. The third-order valence-electron chi connectivity index (χ3n) is 11.4. The molecule has 0 aromatic heterocycles. The molecule has 7 rings (SSSR count). The van der Waals surface area contributed by atoms with Gasteiger partial charge in [-0.25, -0.2) is 0 Å². The van der Waals surface area contributed by atoms with Gasteiger partial charge in [0.1, 0.15) is 0 Å². The van der Waals surface area contributed by atoms with Gasteiger partial charge in [-0.2, -0.15) is 0 Å². The van der Waals surface area contributed by atoms with E-state index in [1.165, 1.54) is 33.4 Å². The Hall–Kier alpha value is -6.38. The molecule has 7 aromatic carbocycles. The van der Waals surface area contributed by atoms with Crippen molar-refractivity contribution in [2.75, 3.05) is 9.80 Å². The Morgan fingerprint density at radius 1 is 0.233 bits per heavy atom. The maximum absolute atomic E-state index is 2.34. The summed E-state index contributed by atoms with van der Waals surface area (Å²) in [6, 6.07) is 62.4. The van der Waals surface area contributed by atoms with Gasteiger partial charge < -0.3 is 9.80 Å². The summed E-state index contributed by atoms with van der Waals surface area (Å²) < 4.78 is 0. The van der Waals surface area contributed by atoms with Crippen LogP contribution in [-0.4, -0.2) is 0 Å². The van der Waals surface area contributed by atoms with Gasteiger partial charge in [-0.15, -0.1) is 0 Å². The Morgan fingerprint density at radius 2 is 0.383 bits per heavy atom. The predicted molar refractivity (Wildman–Crippen MR) is 263 cm³/mol. The van der Waals surface area contributed by atoms with E-state index in [0.29, 0.717) is 23.7 Å². The van der Waals surface area contributed by atoms with Crippen molar-refractivity contribution < 1.29 is 0 Å². The molecule has 0 heterocycles. The van der Waals surface area contributed by atoms with Crippen LogP contribution in [0.25, 0.3) is 24.3 Å². The van der Waals surface area contributed by atoms with E-state index >= 15 is 0 Å². The highest BCUT2D eigenvalue weighted by Crippen LogP contribution is 2.38. The van der Waals surface area contributed by atoms with E-state index in [1.807, 2.05) is 0 Å². The van der Waals surface area contributed by atoms with E-state index in [9.17, 15) is 0 Å². The summed E-state index contributed by atoms with van der Waals surface area (Å²) >= 11 is 0. The van der Waals surface area contributed by atoms with Crippen molar-refractivity contribution in [1.82, 2.24) is 0 Å². The molecule has 60 heavy (non-hydrogen) atoms. The minimum atomic E-state index is 0.496. The molecule has 0 saturated heterocycles. The molecule has 7 aromatic rings. The van der Waals surface area contributed by atoms with Gasteiger partial charge in [-0.3, -0.25) is 0 Å². The smallest absolute Gasteiger partial charge is 0.0462 e. The highest BCUT2D eigenvalue weighted by Gasteiger charge is 2.15. The standard InChI is InChI=1S/C58H60N2/c1-41(2)49-21-33-55(34-22-49)59(56-35-23-50(24-36-56)42(3)4)53-29-17-47(18-30-53)15-13-45-9-11-46(12-10-45)14-16-48-19-31-54(32-20-48)60(57-37-25-51(26-38-57)43(5)6)58-39-27-52(28-40-58)44(7)8/h9-44H,1-8H3. The monoisotopic (exact) mass is 784 g/mol. The van der Waals surface area contributed by atoms with E-state index in [2.05, 4.69) is 259 Å². The van der Waals surface area contributed by atoms with Crippen molar-refractivity contribution in [1.29, 1.82) is 0 Å². The second-order valence-electron chi connectivity index (χ2n) is 17.2. The number of hydrogen-bond donors (Lipinski definition) is 0. The van der Waals surface area contributed by atoms with Crippen LogP contribution in [0.4, 0.5) is 34.1 Å². The first-order valence-corrected chi connectivity index (χ1v) is 21.7. The fraction of sp³-hybridized carbons (Fsp3) is 0.207. The molecule has 0 atom stereocenters. The lowest BCUT2D eigenvalue weighted by atomic mass is 10.0. The van der Waals surface area contributed by atoms with Crippen molar-refractivity contribution in [3.8, 4) is 0 Å². The number of rotatable bonds is 14. The molecule has 0 aliphatic carbocycles. The molecule has 0 spiro atoms. The van der Waals surface area contributed by atoms with Gasteiger partial charge in [-0.1, -0.05) is 177 Å². The second kappa shape index (κ2) is 19.1. The normalized spacial score (nSPS) is 11.8. The van der Waals surface area contributed by atoms with Crippen molar-refractivity contribution in [2.45, 2.75) is 79.1 Å². The van der Waals surface area contributed by atoms with Gasteiger partial charge in [0.15, 0.2) is 0 Å². The average Bonchev–Trinajstić information content (AvgIpc) is 3.27. The fourth-order valence-corrected chi connectivity index (χ4v) is 7.50. The van der Waals surface area contributed by atoms with Crippen molar-refractivity contribution in [3.63, 3.8) is 0 Å². The third kappa shape index (κ3) is 10.2. The number of benzene rings is 7. The maximum atomic E-state index is 2.34. The van der Waals surface area contributed by atoms with Crippen LogP contribution in [0.3, 0.4) is 0 Å². The zero-order chi connectivity index (χ0) is 42.2. The van der Waals surface area contributed by atoms with Crippen LogP contribution in [0.15, 0.2) is 170 Å². The zero-order valence-corrected chi connectivity index (χ0v) is 36.7. The highest BCUT2D eigenvalue weighted by atomic mass is 15.1. The minimum absolute atomic E-state index is 0.496. The van der Waals surface area contributed by atoms with Gasteiger partial charge in [0, 0.05) is 34.1 Å². The molecule has 0 aliphatic heterocycles. The van der Waals surface area contributed by atoms with E-state index in [1.54, 1.807) is 0 Å². The summed E-state index contributed by atoms with van der Waals surface area (Å²) in [5.74, 6) is 1.98. The molecule has 2 heteroatoms. The first-order valence-electron chi connectivity index (χ1n) is 21.7.